The molecule has 1 atom stereocenters. The lowest BCUT2D eigenvalue weighted by atomic mass is 9.98. The molecule has 0 amide bonds. The van der Waals surface area contributed by atoms with E-state index in [9.17, 15) is 9.65 Å². The molecule has 4 aromatic rings. The largest absolute Gasteiger partial charge is 0.373 e. The van der Waals surface area contributed by atoms with Crippen molar-refractivity contribution in [2.24, 2.45) is 0 Å². The number of rotatable bonds is 7. The van der Waals surface area contributed by atoms with E-state index < -0.39 is 5.82 Å². The van der Waals surface area contributed by atoms with Gasteiger partial charge in [0.05, 0.1) is 38.6 Å². The summed E-state index contributed by atoms with van der Waals surface area (Å²) < 4.78 is 14.0. The summed E-state index contributed by atoms with van der Waals surface area (Å²) in [6, 6.07) is 18.2. The van der Waals surface area contributed by atoms with Crippen molar-refractivity contribution in [2.75, 3.05) is 30.4 Å². The molecule has 8 nitrogen and oxygen atoms in total. The first-order chi connectivity index (χ1) is 22.4. The van der Waals surface area contributed by atoms with Gasteiger partial charge in [0.25, 0.3) is 0 Å². The van der Waals surface area contributed by atoms with Crippen LogP contribution < -0.4 is 21.2 Å². The third-order valence-corrected chi connectivity index (χ3v) is 9.71. The first-order valence-electron chi connectivity index (χ1n) is 15.4. The number of benzene rings is 3. The molecule has 47 heavy (non-hydrogen) atoms. The molecular formula is C35H36Cl3FN8. The van der Waals surface area contributed by atoms with Gasteiger partial charge in [0.2, 0.25) is 0 Å². The maximum absolute atomic E-state index is 14.0. The summed E-state index contributed by atoms with van der Waals surface area (Å²) in [7, 11) is 1.79. The molecule has 0 unspecified atom stereocenters. The van der Waals surface area contributed by atoms with Crippen LogP contribution in [0.25, 0.3) is 10.9 Å². The van der Waals surface area contributed by atoms with Crippen molar-refractivity contribution >= 4 is 62.8 Å². The molecule has 0 radical (unpaired) electrons. The average Bonchev–Trinajstić information content (AvgIpc) is 3.54. The van der Waals surface area contributed by atoms with Crippen molar-refractivity contribution < 1.29 is 4.39 Å². The lowest BCUT2D eigenvalue weighted by Gasteiger charge is -2.42. The maximum Gasteiger partial charge on any atom is 0.141 e. The van der Waals surface area contributed by atoms with Gasteiger partial charge in [0, 0.05) is 65.9 Å². The number of hydrogen-bond acceptors (Lipinski definition) is 8. The second-order valence-corrected chi connectivity index (χ2v) is 14.1. The van der Waals surface area contributed by atoms with Crippen molar-refractivity contribution in [3.8, 4) is 6.07 Å². The van der Waals surface area contributed by atoms with Crippen LogP contribution in [0.3, 0.4) is 0 Å². The number of pyridine rings is 1. The summed E-state index contributed by atoms with van der Waals surface area (Å²) in [5, 5.41) is 17.6. The molecule has 2 aliphatic rings. The molecule has 1 aromatic heterocycles. The van der Waals surface area contributed by atoms with E-state index in [1.54, 1.807) is 18.0 Å². The fourth-order valence-electron chi connectivity index (χ4n) is 6.26. The number of halogens is 4. The average molecular weight is 694 g/mol. The van der Waals surface area contributed by atoms with Crippen LogP contribution in [-0.4, -0.2) is 46.6 Å². The summed E-state index contributed by atoms with van der Waals surface area (Å²) in [6.07, 6.45) is 5.70. The van der Waals surface area contributed by atoms with Gasteiger partial charge in [-0.15, -0.1) is 5.53 Å². The van der Waals surface area contributed by atoms with Crippen molar-refractivity contribution in [1.82, 2.24) is 25.9 Å². The normalized spacial score (nSPS) is 16.5. The van der Waals surface area contributed by atoms with Gasteiger partial charge >= 0.3 is 0 Å². The number of likely N-dealkylation sites (tertiary alicyclic amines) is 1. The predicted octanol–water partition coefficient (Wildman–Crippen LogP) is 8.56. The summed E-state index contributed by atoms with van der Waals surface area (Å²) in [5.41, 5.74) is 11.6. The molecule has 0 bridgehead atoms. The summed E-state index contributed by atoms with van der Waals surface area (Å²) in [5.74, 6) is -0.523. The molecule has 0 saturated carbocycles. The minimum atomic E-state index is -0.523. The van der Waals surface area contributed by atoms with Crippen LogP contribution >= 0.6 is 34.8 Å². The first-order valence-corrected chi connectivity index (χ1v) is 16.6. The Labute approximate surface area is 289 Å². The number of piperidine rings is 1. The Kier molecular flexibility index (Phi) is 9.43. The molecule has 3 heterocycles. The Morgan fingerprint density at radius 1 is 1.04 bits per heavy atom. The standard InChI is InChI=1S/C35H36Cl3FN8/c1-35(2,3)46-13-11-25(12-14-46)47-20-31(43-44-47)32(21-5-7-23(36)8-6-21)42-24-15-27-33(29(38)16-24)41-19-22(18-40)34(27)45(4)26-9-10-30(39)28(37)17-26/h5-10,15-17,19-20,25,32,42-44H,11-14H2,1-4H3/t32-/m0/s1. The highest BCUT2D eigenvalue weighted by molar-refractivity contribution is 6.36. The SMILES string of the molecule is CN(c1ccc(F)c(Cl)c1)c1c(C#N)cnc2c(Cl)cc(N[C@H](C3=CN(C4CCN(C(C)(C)C)CC4)NN3)c3ccc(Cl)cc3)cc12. The zero-order chi connectivity index (χ0) is 33.5. The van der Waals surface area contributed by atoms with Crippen molar-refractivity contribution in [3.05, 3.63) is 105 Å². The van der Waals surface area contributed by atoms with Crippen LogP contribution in [0.2, 0.25) is 15.1 Å². The maximum atomic E-state index is 14.0. The van der Waals surface area contributed by atoms with E-state index in [-0.39, 0.29) is 16.6 Å². The Bertz CT molecular complexity index is 1860. The number of nitrogens with one attached hydrogen (secondary N) is 3. The van der Waals surface area contributed by atoms with Crippen LogP contribution in [0, 0.1) is 17.1 Å². The molecule has 2 aliphatic heterocycles. The molecule has 1 fully saturated rings. The zero-order valence-electron chi connectivity index (χ0n) is 26.6. The van der Waals surface area contributed by atoms with Crippen LogP contribution in [0.4, 0.5) is 21.5 Å². The zero-order valence-corrected chi connectivity index (χ0v) is 28.8. The first kappa shape index (κ1) is 33.1. The fraction of sp³-hybridized carbons (Fsp3) is 0.314. The lowest BCUT2D eigenvalue weighted by Crippen LogP contribution is -2.52. The van der Waals surface area contributed by atoms with Gasteiger partial charge in [-0.1, -0.05) is 46.9 Å². The third kappa shape index (κ3) is 6.94. The highest BCUT2D eigenvalue weighted by Crippen LogP contribution is 2.40. The summed E-state index contributed by atoms with van der Waals surface area (Å²) in [6.45, 7) is 8.85. The lowest BCUT2D eigenvalue weighted by molar-refractivity contribution is 0.0570. The summed E-state index contributed by atoms with van der Waals surface area (Å²) in [4.78, 5) is 8.83. The van der Waals surface area contributed by atoms with Gasteiger partial charge in [-0.3, -0.25) is 14.9 Å². The number of anilines is 3. The summed E-state index contributed by atoms with van der Waals surface area (Å²) >= 11 is 19.3. The van der Waals surface area contributed by atoms with E-state index in [0.717, 1.165) is 37.2 Å². The smallest absolute Gasteiger partial charge is 0.141 e. The Hall–Kier alpha value is -3.78. The van der Waals surface area contributed by atoms with Crippen LogP contribution in [0.15, 0.2) is 72.7 Å². The monoisotopic (exact) mass is 692 g/mol. The van der Waals surface area contributed by atoms with E-state index in [0.29, 0.717) is 49.6 Å². The van der Waals surface area contributed by atoms with Crippen molar-refractivity contribution in [2.45, 2.75) is 51.2 Å². The Morgan fingerprint density at radius 3 is 2.43 bits per heavy atom. The van der Waals surface area contributed by atoms with Crippen LogP contribution in [0.5, 0.6) is 0 Å². The van der Waals surface area contributed by atoms with Gasteiger partial charge in [0.1, 0.15) is 11.9 Å². The van der Waals surface area contributed by atoms with Gasteiger partial charge in [-0.2, -0.15) is 5.26 Å². The molecule has 1 saturated heterocycles. The minimum absolute atomic E-state index is 0.0165. The van der Waals surface area contributed by atoms with E-state index in [1.807, 2.05) is 36.4 Å². The van der Waals surface area contributed by atoms with Gasteiger partial charge in [-0.05, 0) is 81.6 Å². The molecule has 0 spiro atoms. The van der Waals surface area contributed by atoms with Gasteiger partial charge < -0.3 is 15.6 Å². The molecular weight excluding hydrogens is 658 g/mol. The van der Waals surface area contributed by atoms with Crippen molar-refractivity contribution in [1.29, 1.82) is 5.26 Å². The second-order valence-electron chi connectivity index (χ2n) is 12.9. The number of hydrazine groups is 2. The predicted molar refractivity (Wildman–Crippen MR) is 189 cm³/mol. The Morgan fingerprint density at radius 2 is 1.77 bits per heavy atom. The highest BCUT2D eigenvalue weighted by atomic mass is 35.5. The van der Waals surface area contributed by atoms with Gasteiger partial charge in [0.15, 0.2) is 0 Å². The number of nitrogens with zero attached hydrogens (tertiary/aromatic N) is 5. The van der Waals surface area contributed by atoms with Crippen LogP contribution in [-0.2, 0) is 0 Å². The number of fused-ring (bicyclic) bond motifs is 1. The number of hydrogen-bond donors (Lipinski definition) is 3. The number of aromatic nitrogens is 1. The molecule has 12 heteroatoms. The third-order valence-electron chi connectivity index (χ3n) is 8.88. The second kappa shape index (κ2) is 13.4. The van der Waals surface area contributed by atoms with Gasteiger partial charge in [-0.25, -0.2) is 4.39 Å². The van der Waals surface area contributed by atoms with E-state index in [2.05, 4.69) is 64.2 Å². The van der Waals surface area contributed by atoms with Crippen LogP contribution in [0.1, 0.15) is 50.8 Å². The van der Waals surface area contributed by atoms with E-state index >= 15 is 0 Å². The quantitative estimate of drug-likeness (QED) is 0.178. The van der Waals surface area contributed by atoms with E-state index in [1.165, 1.54) is 18.3 Å². The minimum Gasteiger partial charge on any atom is -0.373 e. The Balaban J connectivity index is 1.36. The van der Waals surface area contributed by atoms with E-state index in [4.69, 9.17) is 34.8 Å². The molecule has 3 aromatic carbocycles. The fourth-order valence-corrected chi connectivity index (χ4v) is 6.83. The molecule has 244 valence electrons. The molecule has 6 rings (SSSR count). The molecule has 0 aliphatic carbocycles. The topological polar surface area (TPSA) is 82.5 Å². The molecule has 3 N–H and O–H groups in total. The number of nitriles is 1. The van der Waals surface area contributed by atoms with Crippen molar-refractivity contribution in [3.63, 3.8) is 0 Å². The highest BCUT2D eigenvalue weighted by Gasteiger charge is 2.32.